The quantitative estimate of drug-likeness (QED) is 0.813. The second-order valence-corrected chi connectivity index (χ2v) is 3.93. The molecule has 0 spiro atoms. The van der Waals surface area contributed by atoms with Crippen LogP contribution in [0.2, 0.25) is 0 Å². The molecular formula is C15H10N4O2. The first-order chi connectivity index (χ1) is 10.1. The fourth-order valence-electron chi connectivity index (χ4n) is 1.72. The molecule has 6 heteroatoms. The van der Waals surface area contributed by atoms with Crippen LogP contribution in [0.15, 0.2) is 12.1 Å². The third-order valence-corrected chi connectivity index (χ3v) is 2.66. The van der Waals surface area contributed by atoms with Crippen molar-refractivity contribution in [3.05, 3.63) is 28.1 Å². The Hall–Kier alpha value is -3.32. The summed E-state index contributed by atoms with van der Waals surface area (Å²) < 4.78 is 5.30. The molecule has 0 amide bonds. The molecule has 0 unspecified atom stereocenters. The lowest BCUT2D eigenvalue weighted by molar-refractivity contribution is 0.200. The summed E-state index contributed by atoms with van der Waals surface area (Å²) in [6, 6.07) is 10.0. The number of hydrogen-bond donors (Lipinski definition) is 1. The van der Waals surface area contributed by atoms with Gasteiger partial charge in [-0.1, -0.05) is 0 Å². The summed E-state index contributed by atoms with van der Waals surface area (Å²) in [6.07, 6.45) is 0. The van der Waals surface area contributed by atoms with Gasteiger partial charge < -0.3 is 9.84 Å². The summed E-state index contributed by atoms with van der Waals surface area (Å²) in [4.78, 5) is 0. The molecule has 1 rings (SSSR count). The van der Waals surface area contributed by atoms with E-state index in [0.29, 0.717) is 10.8 Å². The molecule has 0 saturated carbocycles. The van der Waals surface area contributed by atoms with E-state index in [2.05, 4.69) is 0 Å². The van der Waals surface area contributed by atoms with E-state index in [1.54, 1.807) is 31.2 Å². The molecule has 21 heavy (non-hydrogen) atoms. The summed E-state index contributed by atoms with van der Waals surface area (Å²) in [6.45, 7) is 1.38. The van der Waals surface area contributed by atoms with Crippen molar-refractivity contribution in [3.63, 3.8) is 0 Å². The van der Waals surface area contributed by atoms with Gasteiger partial charge in [-0.25, -0.2) is 0 Å². The van der Waals surface area contributed by atoms with Crippen molar-refractivity contribution < 1.29 is 9.84 Å². The standard InChI is InChI=1S/C15H10N4O2/c1-10-4-14(12(8-18)9-19)15(21-3-2-20)5-13(10)11(6-16)7-17/h4-5,20H,2-3H2,1H3. The molecule has 0 atom stereocenters. The SMILES string of the molecule is Cc1cc(=C(C#N)C#N)c(OCCO)cc1=C(C#N)C#N. The molecule has 0 fully saturated rings. The fraction of sp³-hybridized carbons (Fsp3) is 0.200. The zero-order valence-corrected chi connectivity index (χ0v) is 11.2. The van der Waals surface area contributed by atoms with Gasteiger partial charge in [0.25, 0.3) is 0 Å². The molecule has 0 aliphatic rings. The van der Waals surface area contributed by atoms with Crippen molar-refractivity contribution in [1.29, 1.82) is 21.0 Å². The van der Waals surface area contributed by atoms with Crippen LogP contribution in [0, 0.1) is 52.2 Å². The highest BCUT2D eigenvalue weighted by molar-refractivity contribution is 5.76. The highest BCUT2D eigenvalue weighted by atomic mass is 16.5. The van der Waals surface area contributed by atoms with E-state index < -0.39 is 0 Å². The maximum atomic E-state index is 8.97. The average Bonchev–Trinajstić information content (AvgIpc) is 2.50. The Morgan fingerprint density at radius 3 is 2.00 bits per heavy atom. The lowest BCUT2D eigenvalue weighted by Gasteiger charge is -2.07. The van der Waals surface area contributed by atoms with Gasteiger partial charge in [0.1, 0.15) is 47.8 Å². The molecule has 1 N–H and O–H groups in total. The first-order valence-electron chi connectivity index (χ1n) is 5.86. The van der Waals surface area contributed by atoms with E-state index in [9.17, 15) is 0 Å². The fourth-order valence-corrected chi connectivity index (χ4v) is 1.72. The largest absolute Gasteiger partial charge is 0.490 e. The van der Waals surface area contributed by atoms with Gasteiger partial charge in [-0.15, -0.1) is 0 Å². The third-order valence-electron chi connectivity index (χ3n) is 2.66. The Morgan fingerprint density at radius 2 is 1.52 bits per heavy atom. The number of benzene rings is 1. The first kappa shape index (κ1) is 15.7. The monoisotopic (exact) mass is 278 g/mol. The molecule has 102 valence electrons. The van der Waals surface area contributed by atoms with Crippen LogP contribution in [-0.4, -0.2) is 18.3 Å². The van der Waals surface area contributed by atoms with Gasteiger partial charge in [-0.05, 0) is 24.6 Å². The molecule has 0 bridgehead atoms. The van der Waals surface area contributed by atoms with Gasteiger partial charge in [-0.3, -0.25) is 0 Å². The van der Waals surface area contributed by atoms with Crippen LogP contribution >= 0.6 is 0 Å². The van der Waals surface area contributed by atoms with Crippen molar-refractivity contribution in [2.24, 2.45) is 0 Å². The van der Waals surface area contributed by atoms with Crippen LogP contribution in [0.3, 0.4) is 0 Å². The number of rotatable bonds is 3. The Bertz CT molecular complexity index is 810. The lowest BCUT2D eigenvalue weighted by atomic mass is 10.0. The molecule has 0 aliphatic carbocycles. The van der Waals surface area contributed by atoms with Crippen LogP contribution in [0.25, 0.3) is 11.1 Å². The minimum atomic E-state index is -0.246. The molecule has 0 aromatic heterocycles. The van der Waals surface area contributed by atoms with Crippen molar-refractivity contribution >= 4 is 11.1 Å². The van der Waals surface area contributed by atoms with Crippen LogP contribution in [0.5, 0.6) is 5.75 Å². The average molecular weight is 278 g/mol. The number of hydrogen-bond acceptors (Lipinski definition) is 6. The van der Waals surface area contributed by atoms with Crippen LogP contribution in [0.1, 0.15) is 5.56 Å². The normalized spacial score (nSPS) is 8.67. The Balaban J connectivity index is 3.88. The van der Waals surface area contributed by atoms with Crippen molar-refractivity contribution in [2.45, 2.75) is 6.92 Å². The van der Waals surface area contributed by atoms with Crippen LogP contribution in [0.4, 0.5) is 0 Å². The summed E-state index contributed by atoms with van der Waals surface area (Å²) in [5.41, 5.74) is 0.332. The van der Waals surface area contributed by atoms with Crippen molar-refractivity contribution in [1.82, 2.24) is 0 Å². The van der Waals surface area contributed by atoms with Gasteiger partial charge in [0, 0.05) is 10.4 Å². The molecule has 6 nitrogen and oxygen atoms in total. The Labute approximate surface area is 121 Å². The first-order valence-corrected chi connectivity index (χ1v) is 5.86. The number of aliphatic hydroxyl groups is 1. The molecule has 0 heterocycles. The lowest BCUT2D eigenvalue weighted by Crippen LogP contribution is -2.21. The summed E-state index contributed by atoms with van der Waals surface area (Å²) in [5.74, 6) is 0.172. The Kier molecular flexibility index (Phi) is 5.48. The summed E-state index contributed by atoms with van der Waals surface area (Å²) in [5, 5.41) is 45.3. The van der Waals surface area contributed by atoms with Crippen LogP contribution < -0.4 is 15.2 Å². The van der Waals surface area contributed by atoms with Crippen molar-refractivity contribution in [3.8, 4) is 30.0 Å². The van der Waals surface area contributed by atoms with E-state index in [0.717, 1.165) is 0 Å². The molecule has 1 aromatic rings. The summed E-state index contributed by atoms with van der Waals surface area (Å²) in [7, 11) is 0. The third kappa shape index (κ3) is 3.37. The smallest absolute Gasteiger partial charge is 0.140 e. The van der Waals surface area contributed by atoms with Crippen LogP contribution in [-0.2, 0) is 0 Å². The van der Waals surface area contributed by atoms with E-state index >= 15 is 0 Å². The van der Waals surface area contributed by atoms with E-state index in [4.69, 9.17) is 30.9 Å². The predicted molar refractivity (Wildman–Crippen MR) is 72.3 cm³/mol. The number of aryl methyl sites for hydroxylation is 1. The molecule has 0 aliphatic heterocycles. The second-order valence-electron chi connectivity index (χ2n) is 3.93. The predicted octanol–water partition coefficient (Wildman–Crippen LogP) is -0.238. The Morgan fingerprint density at radius 1 is 1.00 bits per heavy atom. The minimum absolute atomic E-state index is 0.0337. The number of ether oxygens (including phenoxy) is 1. The van der Waals surface area contributed by atoms with Gasteiger partial charge in [0.15, 0.2) is 0 Å². The second kappa shape index (κ2) is 7.31. The maximum absolute atomic E-state index is 8.97. The van der Waals surface area contributed by atoms with Gasteiger partial charge >= 0.3 is 0 Å². The highest BCUT2D eigenvalue weighted by Crippen LogP contribution is 2.05. The number of aliphatic hydroxyl groups excluding tert-OH is 1. The zero-order chi connectivity index (χ0) is 15.8. The molecule has 1 aromatic carbocycles. The maximum Gasteiger partial charge on any atom is 0.140 e. The summed E-state index contributed by atoms with van der Waals surface area (Å²) >= 11 is 0. The van der Waals surface area contributed by atoms with Crippen molar-refractivity contribution in [2.75, 3.05) is 13.2 Å². The number of nitrogens with zero attached hydrogens (tertiary/aromatic N) is 4. The molecular weight excluding hydrogens is 268 g/mol. The van der Waals surface area contributed by atoms with Gasteiger partial charge in [-0.2, -0.15) is 21.0 Å². The van der Waals surface area contributed by atoms with E-state index in [-0.39, 0.29) is 35.3 Å². The highest BCUT2D eigenvalue weighted by Gasteiger charge is 2.08. The topological polar surface area (TPSA) is 125 Å². The van der Waals surface area contributed by atoms with Gasteiger partial charge in [0.2, 0.25) is 0 Å². The van der Waals surface area contributed by atoms with E-state index in [1.165, 1.54) is 12.1 Å². The zero-order valence-electron chi connectivity index (χ0n) is 11.2. The molecule has 0 radical (unpaired) electrons. The van der Waals surface area contributed by atoms with E-state index in [1.807, 2.05) is 0 Å². The minimum Gasteiger partial charge on any atom is -0.490 e. The number of nitriles is 4. The van der Waals surface area contributed by atoms with Gasteiger partial charge in [0.05, 0.1) is 6.61 Å². The molecule has 0 saturated heterocycles.